The normalized spacial score (nSPS) is 37.2. The van der Waals surface area contributed by atoms with Gasteiger partial charge in [-0.05, 0) is 31.8 Å². The van der Waals surface area contributed by atoms with Crippen LogP contribution in [0, 0.1) is 16.7 Å². The highest BCUT2D eigenvalue weighted by Gasteiger charge is 2.64. The second-order valence-electron chi connectivity index (χ2n) is 11.0. The maximum absolute atomic E-state index is 13.9. The van der Waals surface area contributed by atoms with E-state index < -0.39 is 52.4 Å². The number of hydrogen-bond acceptors (Lipinski definition) is 9. The summed E-state index contributed by atoms with van der Waals surface area (Å²) in [6.45, 7) is 6.43. The number of hydrogen-bond donors (Lipinski definition) is 1. The van der Waals surface area contributed by atoms with Crippen molar-refractivity contribution in [1.82, 2.24) is 4.90 Å². The number of aliphatic hydroxyl groups excluding tert-OH is 1. The second kappa shape index (κ2) is 8.57. The first-order valence-electron chi connectivity index (χ1n) is 12.6. The van der Waals surface area contributed by atoms with Gasteiger partial charge in [0, 0.05) is 68.6 Å². The van der Waals surface area contributed by atoms with E-state index in [-0.39, 0.29) is 30.0 Å². The summed E-state index contributed by atoms with van der Waals surface area (Å²) in [5.41, 5.74) is -0.962. The van der Waals surface area contributed by atoms with Crippen LogP contribution in [0.4, 0.5) is 0 Å². The van der Waals surface area contributed by atoms with E-state index in [9.17, 15) is 24.3 Å². The number of methoxy groups -OCH3 is 1. The number of ether oxygens (including phenoxy) is 3. The minimum atomic E-state index is -1.20. The first-order valence-corrected chi connectivity index (χ1v) is 12.6. The van der Waals surface area contributed by atoms with Gasteiger partial charge in [0.2, 0.25) is 5.78 Å². The number of carbonyl (C=O) groups excluding carboxylic acids is 4. The topological polar surface area (TPSA) is 119 Å². The predicted octanol–water partition coefficient (Wildman–Crippen LogP) is 2.56. The number of aliphatic hydroxyl groups is 1. The number of esters is 2. The van der Waals surface area contributed by atoms with Gasteiger partial charge in [-0.2, -0.15) is 0 Å². The maximum Gasteiger partial charge on any atom is 0.340 e. The van der Waals surface area contributed by atoms with Crippen LogP contribution in [0.2, 0.25) is 0 Å². The number of ketones is 2. The van der Waals surface area contributed by atoms with Gasteiger partial charge in [0.25, 0.3) is 0 Å². The Morgan fingerprint density at radius 2 is 1.92 bits per heavy atom. The summed E-state index contributed by atoms with van der Waals surface area (Å²) in [6.07, 6.45) is 2.87. The fourth-order valence-electron chi connectivity index (χ4n) is 7.14. The monoisotopic (exact) mass is 499 g/mol. The molecule has 0 aromatic carbocycles. The first-order chi connectivity index (χ1) is 17.0. The summed E-state index contributed by atoms with van der Waals surface area (Å²) >= 11 is 0. The summed E-state index contributed by atoms with van der Waals surface area (Å²) in [5, 5.41) is 11.5. The molecule has 2 aliphatic heterocycles. The Morgan fingerprint density at radius 1 is 1.22 bits per heavy atom. The minimum absolute atomic E-state index is 0.00857. The quantitative estimate of drug-likeness (QED) is 0.460. The fourth-order valence-corrected chi connectivity index (χ4v) is 7.14. The van der Waals surface area contributed by atoms with E-state index >= 15 is 0 Å². The number of allylic oxidation sites excluding steroid dienone is 1. The Balaban J connectivity index is 1.77. The lowest BCUT2D eigenvalue weighted by Crippen LogP contribution is -2.57. The van der Waals surface area contributed by atoms with Gasteiger partial charge in [0.05, 0.1) is 17.6 Å². The molecule has 9 nitrogen and oxygen atoms in total. The molecular weight excluding hydrogens is 466 g/mol. The molecule has 3 aliphatic carbocycles. The van der Waals surface area contributed by atoms with Gasteiger partial charge in [-0.1, -0.05) is 6.92 Å². The van der Waals surface area contributed by atoms with Crippen molar-refractivity contribution in [3.63, 3.8) is 0 Å². The van der Waals surface area contributed by atoms with Crippen LogP contribution >= 0.6 is 0 Å². The van der Waals surface area contributed by atoms with Gasteiger partial charge in [-0.25, -0.2) is 4.79 Å². The lowest BCUT2D eigenvalue weighted by molar-refractivity contribution is -0.160. The second-order valence-corrected chi connectivity index (χ2v) is 11.0. The van der Waals surface area contributed by atoms with E-state index in [4.69, 9.17) is 14.2 Å². The molecule has 1 N–H and O–H groups in total. The first kappa shape index (κ1) is 24.7. The number of carbonyl (C=O) groups is 4. The van der Waals surface area contributed by atoms with Crippen molar-refractivity contribution in [3.8, 4) is 0 Å². The van der Waals surface area contributed by atoms with E-state index in [1.165, 1.54) is 14.0 Å². The molecule has 3 fully saturated rings. The van der Waals surface area contributed by atoms with Gasteiger partial charge in [0.15, 0.2) is 5.76 Å². The zero-order chi connectivity index (χ0) is 26.0. The van der Waals surface area contributed by atoms with Gasteiger partial charge in [-0.3, -0.25) is 14.4 Å². The molecule has 0 bridgehead atoms. The van der Waals surface area contributed by atoms with Gasteiger partial charge in [0.1, 0.15) is 18.0 Å². The Morgan fingerprint density at radius 3 is 2.56 bits per heavy atom. The van der Waals surface area contributed by atoms with E-state index in [1.807, 2.05) is 18.7 Å². The Labute approximate surface area is 210 Å². The molecular formula is C27H33NO8. The van der Waals surface area contributed by atoms with Crippen molar-refractivity contribution in [2.45, 2.75) is 65.1 Å². The van der Waals surface area contributed by atoms with Gasteiger partial charge >= 0.3 is 11.9 Å². The van der Waals surface area contributed by atoms with Crippen LogP contribution in [0.5, 0.6) is 0 Å². The lowest BCUT2D eigenvalue weighted by atomic mass is 9.53. The molecule has 2 saturated heterocycles. The van der Waals surface area contributed by atoms with Crippen LogP contribution in [0.25, 0.3) is 0 Å². The van der Waals surface area contributed by atoms with Gasteiger partial charge < -0.3 is 24.2 Å². The van der Waals surface area contributed by atoms with Crippen molar-refractivity contribution in [3.05, 3.63) is 34.3 Å². The molecule has 9 heteroatoms. The Bertz CT molecular complexity index is 1140. The fraction of sp³-hybridized carbons (Fsp3) is 0.630. The summed E-state index contributed by atoms with van der Waals surface area (Å²) < 4.78 is 17.1. The molecule has 0 spiro atoms. The molecule has 5 aliphatic rings. The average Bonchev–Trinajstić information content (AvgIpc) is 3.42. The molecule has 1 saturated carbocycles. The zero-order valence-electron chi connectivity index (χ0n) is 21.2. The Kier molecular flexibility index (Phi) is 5.89. The Hall–Kier alpha value is -2.94. The molecule has 3 unspecified atom stereocenters. The number of likely N-dealkylation sites (tertiary alicyclic amines) is 1. The third-order valence-electron chi connectivity index (χ3n) is 8.87. The molecule has 2 heterocycles. The summed E-state index contributed by atoms with van der Waals surface area (Å²) in [5.74, 6) is -2.71. The van der Waals surface area contributed by atoms with Crippen LogP contribution in [-0.4, -0.2) is 72.5 Å². The number of Topliss-reactive ketones (excluding diaryl/α,β-unsaturated/α-hetero) is 2. The molecule has 0 aromatic rings. The summed E-state index contributed by atoms with van der Waals surface area (Å²) in [6, 6.07) is 0. The molecule has 36 heavy (non-hydrogen) atoms. The molecule has 0 radical (unpaired) electrons. The highest BCUT2D eigenvalue weighted by molar-refractivity contribution is 6.14. The van der Waals surface area contributed by atoms with E-state index in [0.717, 1.165) is 25.9 Å². The predicted molar refractivity (Wildman–Crippen MR) is 126 cm³/mol. The molecule has 5 rings (SSSR count). The number of fused-ring (bicyclic) bond motifs is 4. The van der Waals surface area contributed by atoms with E-state index in [1.54, 1.807) is 6.20 Å². The third-order valence-corrected chi connectivity index (χ3v) is 8.87. The maximum atomic E-state index is 13.9. The van der Waals surface area contributed by atoms with Crippen LogP contribution in [0.3, 0.4) is 0 Å². The SMILES string of the molecule is COCC1OC(=O)/C(=C/N2CCCC2)C2=C(O)C(=O)C3=C([C@H](OC(C)=O)CC4(C)C(=O)CC[C@@H]34)C21C. The summed E-state index contributed by atoms with van der Waals surface area (Å²) in [4.78, 5) is 54.3. The van der Waals surface area contributed by atoms with Crippen molar-refractivity contribution in [2.75, 3.05) is 26.8 Å². The zero-order valence-corrected chi connectivity index (χ0v) is 21.2. The van der Waals surface area contributed by atoms with Gasteiger partial charge in [-0.15, -0.1) is 0 Å². The highest BCUT2D eigenvalue weighted by Crippen LogP contribution is 2.62. The van der Waals surface area contributed by atoms with Crippen molar-refractivity contribution in [2.24, 2.45) is 16.7 Å². The van der Waals surface area contributed by atoms with Crippen LogP contribution < -0.4 is 0 Å². The number of cyclic esters (lactones) is 1. The van der Waals surface area contributed by atoms with Crippen LogP contribution in [-0.2, 0) is 33.4 Å². The standard InChI is InChI=1S/C27H33NO8/c1-14(29)35-17-11-26(2)16(7-8-18(26)30)20-22(17)27(3)19(13-34-4)36-25(33)15(12-28-9-5-6-10-28)21(27)24(32)23(20)31/h12,16-17,19,32H,5-11,13H2,1-4H3/b15-12+/t16-,17+,19?,26?,27?/m0/s1. The largest absolute Gasteiger partial charge is 0.504 e. The number of rotatable bonds is 4. The van der Waals surface area contributed by atoms with Crippen LogP contribution in [0.15, 0.2) is 34.3 Å². The molecule has 5 atom stereocenters. The highest BCUT2D eigenvalue weighted by atomic mass is 16.6. The molecule has 0 amide bonds. The van der Waals surface area contributed by atoms with Crippen molar-refractivity contribution < 1.29 is 38.5 Å². The third kappa shape index (κ3) is 3.38. The van der Waals surface area contributed by atoms with Crippen molar-refractivity contribution in [1.29, 1.82) is 0 Å². The average molecular weight is 500 g/mol. The van der Waals surface area contributed by atoms with E-state index in [2.05, 4.69) is 0 Å². The van der Waals surface area contributed by atoms with Crippen LogP contribution in [0.1, 0.15) is 52.9 Å². The minimum Gasteiger partial charge on any atom is -0.504 e. The lowest BCUT2D eigenvalue weighted by Gasteiger charge is -2.53. The molecule has 194 valence electrons. The van der Waals surface area contributed by atoms with Crippen molar-refractivity contribution >= 4 is 23.5 Å². The summed E-state index contributed by atoms with van der Waals surface area (Å²) in [7, 11) is 1.48. The van der Waals surface area contributed by atoms with E-state index in [0.29, 0.717) is 24.0 Å². The molecule has 0 aromatic heterocycles. The smallest absolute Gasteiger partial charge is 0.340 e. The number of nitrogens with zero attached hydrogens (tertiary/aromatic N) is 1.